The molecule has 1 rings (SSSR count). The Morgan fingerprint density at radius 1 is 1.45 bits per heavy atom. The van der Waals surface area contributed by atoms with E-state index in [9.17, 15) is 9.59 Å². The van der Waals surface area contributed by atoms with Crippen LogP contribution in [0.2, 0.25) is 0 Å². The van der Waals surface area contributed by atoms with Crippen molar-refractivity contribution in [1.82, 2.24) is 15.1 Å². The number of carboxylic acid groups (broad SMARTS) is 1. The van der Waals surface area contributed by atoms with Gasteiger partial charge < -0.3 is 10.4 Å². The Morgan fingerprint density at radius 2 is 2.05 bits per heavy atom. The molecule has 0 saturated carbocycles. The molecular formula is C14H23N3O3. The van der Waals surface area contributed by atoms with E-state index in [0.29, 0.717) is 12.1 Å². The van der Waals surface area contributed by atoms with E-state index in [4.69, 9.17) is 5.11 Å². The molecular weight excluding hydrogens is 258 g/mol. The number of carboxylic acids is 1. The highest BCUT2D eigenvalue weighted by Crippen LogP contribution is 2.16. The van der Waals surface area contributed by atoms with Crippen molar-refractivity contribution in [2.75, 3.05) is 0 Å². The highest BCUT2D eigenvalue weighted by atomic mass is 16.4. The zero-order valence-corrected chi connectivity index (χ0v) is 12.7. The number of hydrogen-bond donors (Lipinski definition) is 2. The SMILES string of the molecule is CC(C)c1cc(C(=O)NC(C)(C)CCC(=O)O)n(C)n1. The van der Waals surface area contributed by atoms with E-state index >= 15 is 0 Å². The Bertz CT molecular complexity index is 504. The van der Waals surface area contributed by atoms with Crippen molar-refractivity contribution < 1.29 is 14.7 Å². The second kappa shape index (κ2) is 6.07. The van der Waals surface area contributed by atoms with E-state index in [1.54, 1.807) is 17.8 Å². The quantitative estimate of drug-likeness (QED) is 0.834. The van der Waals surface area contributed by atoms with Gasteiger partial charge in [0.15, 0.2) is 0 Å². The van der Waals surface area contributed by atoms with Crippen LogP contribution in [-0.2, 0) is 11.8 Å². The average Bonchev–Trinajstić information content (AvgIpc) is 2.68. The fourth-order valence-corrected chi connectivity index (χ4v) is 1.84. The first kappa shape index (κ1) is 16.2. The van der Waals surface area contributed by atoms with Crippen molar-refractivity contribution in [2.24, 2.45) is 7.05 Å². The maximum absolute atomic E-state index is 12.2. The lowest BCUT2D eigenvalue weighted by molar-refractivity contribution is -0.137. The highest BCUT2D eigenvalue weighted by molar-refractivity contribution is 5.93. The van der Waals surface area contributed by atoms with Gasteiger partial charge >= 0.3 is 5.97 Å². The molecule has 0 spiro atoms. The topological polar surface area (TPSA) is 84.2 Å². The smallest absolute Gasteiger partial charge is 0.303 e. The molecule has 1 amide bonds. The summed E-state index contributed by atoms with van der Waals surface area (Å²) in [4.78, 5) is 22.8. The average molecular weight is 281 g/mol. The zero-order chi connectivity index (χ0) is 15.5. The fraction of sp³-hybridized carbons (Fsp3) is 0.643. The summed E-state index contributed by atoms with van der Waals surface area (Å²) in [6.45, 7) is 7.66. The summed E-state index contributed by atoms with van der Waals surface area (Å²) in [5, 5.41) is 15.9. The Balaban J connectivity index is 2.77. The van der Waals surface area contributed by atoms with Gasteiger partial charge in [0.05, 0.1) is 5.69 Å². The van der Waals surface area contributed by atoms with E-state index in [-0.39, 0.29) is 18.2 Å². The standard InChI is InChI=1S/C14H23N3O3/c1-9(2)10-8-11(17(5)16-10)13(20)15-14(3,4)7-6-12(18)19/h8-9H,6-7H2,1-5H3,(H,15,20)(H,18,19). The molecule has 0 bridgehead atoms. The van der Waals surface area contributed by atoms with E-state index in [0.717, 1.165) is 5.69 Å². The third-order valence-electron chi connectivity index (χ3n) is 3.14. The predicted octanol–water partition coefficient (Wildman–Crippen LogP) is 1.92. The van der Waals surface area contributed by atoms with Crippen LogP contribution < -0.4 is 5.32 Å². The molecule has 20 heavy (non-hydrogen) atoms. The molecule has 0 aromatic carbocycles. The summed E-state index contributed by atoms with van der Waals surface area (Å²) in [6.07, 6.45) is 0.402. The summed E-state index contributed by atoms with van der Waals surface area (Å²) >= 11 is 0. The van der Waals surface area contributed by atoms with Gasteiger partial charge in [-0.25, -0.2) is 0 Å². The molecule has 0 saturated heterocycles. The molecule has 0 radical (unpaired) electrons. The zero-order valence-electron chi connectivity index (χ0n) is 12.7. The largest absolute Gasteiger partial charge is 0.481 e. The molecule has 0 aliphatic carbocycles. The summed E-state index contributed by atoms with van der Waals surface area (Å²) in [7, 11) is 1.73. The number of aliphatic carboxylic acids is 1. The van der Waals surface area contributed by atoms with Gasteiger partial charge in [0, 0.05) is 19.0 Å². The lowest BCUT2D eigenvalue weighted by Crippen LogP contribution is -2.44. The second-order valence-electron chi connectivity index (χ2n) is 5.96. The minimum atomic E-state index is -0.866. The monoisotopic (exact) mass is 281 g/mol. The Kier molecular flexibility index (Phi) is 4.92. The van der Waals surface area contributed by atoms with Gasteiger partial charge in [0.1, 0.15) is 5.69 Å². The van der Waals surface area contributed by atoms with E-state index in [2.05, 4.69) is 10.4 Å². The Labute approximate surface area is 119 Å². The van der Waals surface area contributed by atoms with Crippen LogP contribution in [0, 0.1) is 0 Å². The molecule has 112 valence electrons. The molecule has 2 N–H and O–H groups in total. The summed E-state index contributed by atoms with van der Waals surface area (Å²) in [5.41, 5.74) is 0.774. The van der Waals surface area contributed by atoms with Crippen LogP contribution in [-0.4, -0.2) is 32.3 Å². The van der Waals surface area contributed by atoms with Gasteiger partial charge in [-0.2, -0.15) is 5.10 Å². The van der Waals surface area contributed by atoms with Gasteiger partial charge in [-0.3, -0.25) is 14.3 Å². The number of amides is 1. The predicted molar refractivity (Wildman–Crippen MR) is 75.7 cm³/mol. The number of carbonyl (C=O) groups excluding carboxylic acids is 1. The summed E-state index contributed by atoms with van der Waals surface area (Å²) < 4.78 is 1.55. The van der Waals surface area contributed by atoms with Crippen LogP contribution in [0.5, 0.6) is 0 Å². The number of nitrogens with zero attached hydrogens (tertiary/aromatic N) is 2. The van der Waals surface area contributed by atoms with Gasteiger partial charge in [-0.05, 0) is 32.3 Å². The van der Waals surface area contributed by atoms with Gasteiger partial charge in [0.2, 0.25) is 0 Å². The van der Waals surface area contributed by atoms with Crippen molar-refractivity contribution in [3.05, 3.63) is 17.5 Å². The molecule has 1 heterocycles. The summed E-state index contributed by atoms with van der Waals surface area (Å²) in [6, 6.07) is 1.77. The molecule has 0 aliphatic heterocycles. The molecule has 6 nitrogen and oxygen atoms in total. The summed E-state index contributed by atoms with van der Waals surface area (Å²) in [5.74, 6) is -0.847. The van der Waals surface area contributed by atoms with E-state index in [1.165, 1.54) is 0 Å². The maximum atomic E-state index is 12.2. The minimum Gasteiger partial charge on any atom is -0.481 e. The van der Waals surface area contributed by atoms with Gasteiger partial charge in [-0.15, -0.1) is 0 Å². The van der Waals surface area contributed by atoms with Gasteiger partial charge in [0.25, 0.3) is 5.91 Å². The van der Waals surface area contributed by atoms with Crippen LogP contribution in [0.25, 0.3) is 0 Å². The van der Waals surface area contributed by atoms with E-state index < -0.39 is 11.5 Å². The first-order valence-electron chi connectivity index (χ1n) is 6.70. The molecule has 0 aliphatic rings. The maximum Gasteiger partial charge on any atom is 0.303 e. The lowest BCUT2D eigenvalue weighted by Gasteiger charge is -2.25. The first-order chi connectivity index (χ1) is 9.12. The number of carbonyl (C=O) groups is 2. The van der Waals surface area contributed by atoms with Crippen molar-refractivity contribution in [3.8, 4) is 0 Å². The van der Waals surface area contributed by atoms with Crippen LogP contribution >= 0.6 is 0 Å². The third-order valence-corrected chi connectivity index (χ3v) is 3.14. The Morgan fingerprint density at radius 3 is 2.50 bits per heavy atom. The first-order valence-corrected chi connectivity index (χ1v) is 6.70. The van der Waals surface area contributed by atoms with Crippen LogP contribution in [0.15, 0.2) is 6.07 Å². The second-order valence-corrected chi connectivity index (χ2v) is 5.96. The molecule has 0 atom stereocenters. The lowest BCUT2D eigenvalue weighted by atomic mass is 9.98. The molecule has 0 unspecified atom stereocenters. The number of aryl methyl sites for hydroxylation is 1. The van der Waals surface area contributed by atoms with Crippen LogP contribution in [0.4, 0.5) is 0 Å². The molecule has 6 heteroatoms. The van der Waals surface area contributed by atoms with Crippen molar-refractivity contribution in [2.45, 2.75) is 52.0 Å². The van der Waals surface area contributed by atoms with Crippen molar-refractivity contribution in [1.29, 1.82) is 0 Å². The number of hydrogen-bond acceptors (Lipinski definition) is 3. The molecule has 0 fully saturated rings. The molecule has 1 aromatic heterocycles. The van der Waals surface area contributed by atoms with Crippen molar-refractivity contribution in [3.63, 3.8) is 0 Å². The Hall–Kier alpha value is -1.85. The minimum absolute atomic E-state index is 0.0237. The fourth-order valence-electron chi connectivity index (χ4n) is 1.84. The number of nitrogens with one attached hydrogen (secondary N) is 1. The van der Waals surface area contributed by atoms with Crippen LogP contribution in [0.3, 0.4) is 0 Å². The number of aromatic nitrogens is 2. The van der Waals surface area contributed by atoms with E-state index in [1.807, 2.05) is 27.7 Å². The van der Waals surface area contributed by atoms with Crippen molar-refractivity contribution >= 4 is 11.9 Å². The molecule has 1 aromatic rings. The third kappa shape index (κ3) is 4.36. The number of rotatable bonds is 6. The normalized spacial score (nSPS) is 11.7. The van der Waals surface area contributed by atoms with Crippen LogP contribution in [0.1, 0.15) is 62.6 Å². The van der Waals surface area contributed by atoms with Gasteiger partial charge in [-0.1, -0.05) is 13.8 Å². The highest BCUT2D eigenvalue weighted by Gasteiger charge is 2.24.